The Morgan fingerprint density at radius 2 is 1.68 bits per heavy atom. The van der Waals surface area contributed by atoms with Gasteiger partial charge in [0.15, 0.2) is 0 Å². The highest BCUT2D eigenvalue weighted by Gasteiger charge is 2.26. The van der Waals surface area contributed by atoms with Gasteiger partial charge in [0, 0.05) is 10.5 Å². The number of anilines is 1. The van der Waals surface area contributed by atoms with Crippen molar-refractivity contribution >= 4 is 39.0 Å². The molecule has 140 valence electrons. The van der Waals surface area contributed by atoms with E-state index in [1.807, 2.05) is 36.4 Å². The molecule has 3 aromatic carbocycles. The number of benzene rings is 3. The second-order valence-corrected chi connectivity index (χ2v) is 8.60. The summed E-state index contributed by atoms with van der Waals surface area (Å²) < 4.78 is 12.2. The molecule has 1 atom stereocenters. The minimum absolute atomic E-state index is 0.136. The summed E-state index contributed by atoms with van der Waals surface area (Å²) in [6, 6.07) is 20.5. The Kier molecular flexibility index (Phi) is 4.37. The van der Waals surface area contributed by atoms with Gasteiger partial charge >= 0.3 is 0 Å². The highest BCUT2D eigenvalue weighted by Crippen LogP contribution is 2.50. The van der Waals surface area contributed by atoms with Gasteiger partial charge in [-0.05, 0) is 30.3 Å². The number of rotatable bonds is 4. The second kappa shape index (κ2) is 7.04. The Hall–Kier alpha value is -2.70. The van der Waals surface area contributed by atoms with Crippen LogP contribution in [-0.2, 0) is 0 Å². The van der Waals surface area contributed by atoms with E-state index in [0.717, 1.165) is 43.5 Å². The summed E-state index contributed by atoms with van der Waals surface area (Å²) in [6.07, 6.45) is 0. The molecule has 28 heavy (non-hydrogen) atoms. The van der Waals surface area contributed by atoms with Crippen molar-refractivity contribution in [1.82, 2.24) is 4.98 Å². The van der Waals surface area contributed by atoms with Gasteiger partial charge in [0.25, 0.3) is 0 Å². The molecule has 0 spiro atoms. The third-order valence-electron chi connectivity index (χ3n) is 4.78. The van der Waals surface area contributed by atoms with Crippen LogP contribution in [0.15, 0.2) is 65.6 Å². The van der Waals surface area contributed by atoms with Crippen LogP contribution in [0.5, 0.6) is 11.5 Å². The zero-order valence-electron chi connectivity index (χ0n) is 15.4. The molecule has 2 heterocycles. The van der Waals surface area contributed by atoms with Crippen molar-refractivity contribution in [2.24, 2.45) is 0 Å². The van der Waals surface area contributed by atoms with Crippen LogP contribution in [0.2, 0.25) is 0 Å². The number of nitrogens with zero attached hydrogens (tertiary/aromatic N) is 1. The summed E-state index contributed by atoms with van der Waals surface area (Å²) in [7, 11) is 3.41. The summed E-state index contributed by atoms with van der Waals surface area (Å²) in [5.74, 6) is 1.75. The topological polar surface area (TPSA) is 43.4 Å². The first kappa shape index (κ1) is 17.4. The minimum atomic E-state index is 0.136. The number of hydrogen-bond acceptors (Lipinski definition) is 6. The number of fused-ring (bicyclic) bond motifs is 2. The number of hydrogen-bond donors (Lipinski definition) is 1. The van der Waals surface area contributed by atoms with Crippen molar-refractivity contribution in [2.75, 3.05) is 19.5 Å². The Labute approximate surface area is 171 Å². The Morgan fingerprint density at radius 1 is 0.929 bits per heavy atom. The molecule has 1 aliphatic heterocycles. The van der Waals surface area contributed by atoms with E-state index in [1.54, 1.807) is 37.3 Å². The molecule has 0 saturated heterocycles. The summed E-state index contributed by atoms with van der Waals surface area (Å²) in [5.41, 5.74) is 4.33. The summed E-state index contributed by atoms with van der Waals surface area (Å²) >= 11 is 3.48. The van der Waals surface area contributed by atoms with Crippen molar-refractivity contribution in [3.05, 3.63) is 66.2 Å². The Morgan fingerprint density at radius 3 is 2.50 bits per heavy atom. The third kappa shape index (κ3) is 2.89. The van der Waals surface area contributed by atoms with E-state index in [1.165, 1.54) is 4.90 Å². The molecule has 6 heteroatoms. The van der Waals surface area contributed by atoms with Gasteiger partial charge in [-0.1, -0.05) is 42.1 Å². The molecule has 0 radical (unpaired) electrons. The molecular weight excluding hydrogens is 388 g/mol. The van der Waals surface area contributed by atoms with Gasteiger partial charge < -0.3 is 14.8 Å². The van der Waals surface area contributed by atoms with Gasteiger partial charge in [0.05, 0.1) is 35.7 Å². The molecule has 0 bridgehead atoms. The molecule has 1 unspecified atom stereocenters. The molecule has 1 aliphatic rings. The lowest BCUT2D eigenvalue weighted by Crippen LogP contribution is -2.03. The molecule has 5 rings (SSSR count). The normalized spacial score (nSPS) is 15.3. The van der Waals surface area contributed by atoms with Crippen LogP contribution in [-0.4, -0.2) is 19.2 Å². The average Bonchev–Trinajstić information content (AvgIpc) is 3.34. The Balaban J connectivity index is 1.51. The first-order chi connectivity index (χ1) is 13.8. The maximum atomic E-state index is 5.53. The standard InChI is InChI=1S/C22H18N2O2S2/c1-25-17-9-5-3-7-13(17)21-23-15-11-20-16(12-19(15)27-21)24-22(28-20)14-8-4-6-10-18(14)26-2/h3-12,21,23H,1-2H3. The lowest BCUT2D eigenvalue weighted by molar-refractivity contribution is 0.410. The summed E-state index contributed by atoms with van der Waals surface area (Å²) in [4.78, 5) is 6.08. The van der Waals surface area contributed by atoms with E-state index in [-0.39, 0.29) is 5.37 Å². The number of ether oxygens (including phenoxy) is 2. The van der Waals surface area contributed by atoms with Crippen molar-refractivity contribution in [1.29, 1.82) is 0 Å². The summed E-state index contributed by atoms with van der Waals surface area (Å²) in [6.45, 7) is 0. The largest absolute Gasteiger partial charge is 0.496 e. The molecule has 1 N–H and O–H groups in total. The van der Waals surface area contributed by atoms with Crippen molar-refractivity contribution in [2.45, 2.75) is 10.3 Å². The predicted octanol–water partition coefficient (Wildman–Crippen LogP) is 6.20. The fourth-order valence-corrected chi connectivity index (χ4v) is 5.63. The van der Waals surface area contributed by atoms with Gasteiger partial charge in [0.1, 0.15) is 21.9 Å². The van der Waals surface area contributed by atoms with E-state index < -0.39 is 0 Å². The SMILES string of the molecule is COc1ccccc1-c1nc2cc3c(cc2s1)NC(c1ccccc1OC)S3. The predicted molar refractivity (Wildman–Crippen MR) is 117 cm³/mol. The number of methoxy groups -OCH3 is 2. The number of thiazole rings is 1. The van der Waals surface area contributed by atoms with Crippen LogP contribution in [0.3, 0.4) is 0 Å². The minimum Gasteiger partial charge on any atom is -0.496 e. The fraction of sp³-hybridized carbons (Fsp3) is 0.136. The lowest BCUT2D eigenvalue weighted by atomic mass is 10.2. The maximum Gasteiger partial charge on any atom is 0.129 e. The van der Waals surface area contributed by atoms with E-state index in [2.05, 4.69) is 29.6 Å². The fourth-order valence-electron chi connectivity index (χ4n) is 3.42. The van der Waals surface area contributed by atoms with Crippen LogP contribution in [0.4, 0.5) is 5.69 Å². The van der Waals surface area contributed by atoms with Crippen molar-refractivity contribution in [3.63, 3.8) is 0 Å². The monoisotopic (exact) mass is 406 g/mol. The first-order valence-electron chi connectivity index (χ1n) is 8.91. The Bertz CT molecular complexity index is 1130. The van der Waals surface area contributed by atoms with Crippen molar-refractivity contribution < 1.29 is 9.47 Å². The zero-order chi connectivity index (χ0) is 19.1. The quantitative estimate of drug-likeness (QED) is 0.437. The van der Waals surface area contributed by atoms with Crippen LogP contribution in [0, 0.1) is 0 Å². The number of nitrogens with one attached hydrogen (secondary N) is 1. The third-order valence-corrected chi connectivity index (χ3v) is 7.03. The van der Waals surface area contributed by atoms with Gasteiger partial charge in [0.2, 0.25) is 0 Å². The highest BCUT2D eigenvalue weighted by atomic mass is 32.2. The number of para-hydroxylation sites is 2. The van der Waals surface area contributed by atoms with E-state index in [0.29, 0.717) is 0 Å². The van der Waals surface area contributed by atoms with Crippen LogP contribution in [0.1, 0.15) is 10.9 Å². The number of aromatic nitrogens is 1. The van der Waals surface area contributed by atoms with Crippen molar-refractivity contribution in [3.8, 4) is 22.1 Å². The van der Waals surface area contributed by atoms with Crippen LogP contribution in [0.25, 0.3) is 20.8 Å². The molecule has 0 aliphatic carbocycles. The second-order valence-electron chi connectivity index (χ2n) is 6.42. The van der Waals surface area contributed by atoms with Gasteiger partial charge in [-0.15, -0.1) is 11.3 Å². The van der Waals surface area contributed by atoms with Gasteiger partial charge in [-0.2, -0.15) is 0 Å². The van der Waals surface area contributed by atoms with Crippen LogP contribution < -0.4 is 14.8 Å². The first-order valence-corrected chi connectivity index (χ1v) is 10.6. The highest BCUT2D eigenvalue weighted by molar-refractivity contribution is 8.00. The molecule has 4 aromatic rings. The van der Waals surface area contributed by atoms with Crippen LogP contribution >= 0.6 is 23.1 Å². The van der Waals surface area contributed by atoms with E-state index in [4.69, 9.17) is 14.5 Å². The molecular formula is C22H18N2O2S2. The van der Waals surface area contributed by atoms with Gasteiger partial charge in [-0.3, -0.25) is 0 Å². The summed E-state index contributed by atoms with van der Waals surface area (Å²) in [5, 5.41) is 4.74. The maximum absolute atomic E-state index is 5.53. The molecule has 0 amide bonds. The molecule has 0 fully saturated rings. The molecule has 1 aromatic heterocycles. The lowest BCUT2D eigenvalue weighted by Gasteiger charge is -2.14. The van der Waals surface area contributed by atoms with E-state index >= 15 is 0 Å². The van der Waals surface area contributed by atoms with Gasteiger partial charge in [-0.25, -0.2) is 4.98 Å². The molecule has 0 saturated carbocycles. The van der Waals surface area contributed by atoms with E-state index in [9.17, 15) is 0 Å². The zero-order valence-corrected chi connectivity index (χ0v) is 17.1. The number of thioether (sulfide) groups is 1. The average molecular weight is 407 g/mol. The molecule has 4 nitrogen and oxygen atoms in total. The smallest absolute Gasteiger partial charge is 0.129 e.